The van der Waals surface area contributed by atoms with Gasteiger partial charge in [-0.05, 0) is 18.9 Å². The maximum Gasteiger partial charge on any atom is 0.270 e. The van der Waals surface area contributed by atoms with Crippen LogP contribution in [-0.4, -0.2) is 66.1 Å². The molecule has 1 aromatic rings. The average molecular weight is 347 g/mol. The van der Waals surface area contributed by atoms with Gasteiger partial charge in [0.1, 0.15) is 5.69 Å². The molecule has 7 heteroatoms. The van der Waals surface area contributed by atoms with Crippen molar-refractivity contribution in [3.05, 3.63) is 34.2 Å². The van der Waals surface area contributed by atoms with Crippen LogP contribution in [-0.2, 0) is 16.6 Å². The highest BCUT2D eigenvalue weighted by Gasteiger charge is 2.40. The predicted molar refractivity (Wildman–Crippen MR) is 92.2 cm³/mol. The third-order valence-corrected chi connectivity index (χ3v) is 5.24. The number of amides is 2. The lowest BCUT2D eigenvalue weighted by Gasteiger charge is -2.43. The Hall–Kier alpha value is -2.15. The smallest absolute Gasteiger partial charge is 0.270 e. The van der Waals surface area contributed by atoms with E-state index in [0.29, 0.717) is 25.4 Å². The number of piperidine rings is 1. The number of fused-ring (bicyclic) bond motifs is 1. The van der Waals surface area contributed by atoms with Gasteiger partial charge < -0.3 is 19.1 Å². The Balaban J connectivity index is 1.72. The zero-order valence-corrected chi connectivity index (χ0v) is 15.0. The molecule has 2 amide bonds. The lowest BCUT2D eigenvalue weighted by Crippen LogP contribution is -2.52. The van der Waals surface area contributed by atoms with Gasteiger partial charge in [-0.3, -0.25) is 14.4 Å². The summed E-state index contributed by atoms with van der Waals surface area (Å²) in [5.41, 5.74) is 0.196. The van der Waals surface area contributed by atoms with Gasteiger partial charge in [0.05, 0.1) is 18.6 Å². The molecular formula is C18H25N3O4. The van der Waals surface area contributed by atoms with Crippen molar-refractivity contribution < 1.29 is 14.3 Å². The second-order valence-corrected chi connectivity index (χ2v) is 7.15. The van der Waals surface area contributed by atoms with Crippen molar-refractivity contribution in [2.75, 3.05) is 33.8 Å². The van der Waals surface area contributed by atoms with Crippen LogP contribution in [0.5, 0.6) is 0 Å². The Bertz CT molecular complexity index is 727. The average Bonchev–Trinajstić information content (AvgIpc) is 2.61. The zero-order valence-electron chi connectivity index (χ0n) is 15.0. The third-order valence-electron chi connectivity index (χ3n) is 5.24. The monoisotopic (exact) mass is 347 g/mol. The molecule has 0 aliphatic carbocycles. The van der Waals surface area contributed by atoms with Crippen LogP contribution in [0.15, 0.2) is 23.0 Å². The topological polar surface area (TPSA) is 71.8 Å². The van der Waals surface area contributed by atoms with E-state index < -0.39 is 0 Å². The minimum atomic E-state index is -0.196. The molecule has 0 bridgehead atoms. The first-order valence-electron chi connectivity index (χ1n) is 8.66. The van der Waals surface area contributed by atoms with Crippen LogP contribution < -0.4 is 5.56 Å². The molecule has 3 rings (SSSR count). The van der Waals surface area contributed by atoms with Crippen molar-refractivity contribution in [2.24, 2.45) is 18.9 Å². The number of likely N-dealkylation sites (tertiary alicyclic amines) is 1. The van der Waals surface area contributed by atoms with E-state index in [0.717, 1.165) is 12.8 Å². The maximum atomic E-state index is 12.8. The molecule has 2 saturated heterocycles. The molecule has 3 atom stereocenters. The minimum Gasteiger partial charge on any atom is -0.377 e. The lowest BCUT2D eigenvalue weighted by atomic mass is 9.83. The fraction of sp³-hybridized carbons (Fsp3) is 0.611. The Morgan fingerprint density at radius 2 is 2.04 bits per heavy atom. The quantitative estimate of drug-likeness (QED) is 0.773. The molecule has 0 radical (unpaired) electrons. The van der Waals surface area contributed by atoms with Crippen LogP contribution in [0.2, 0.25) is 0 Å². The number of pyridine rings is 1. The highest BCUT2D eigenvalue weighted by atomic mass is 16.5. The molecule has 7 nitrogen and oxygen atoms in total. The van der Waals surface area contributed by atoms with E-state index in [1.807, 2.05) is 0 Å². The van der Waals surface area contributed by atoms with Crippen molar-refractivity contribution >= 4 is 11.8 Å². The van der Waals surface area contributed by atoms with E-state index in [1.54, 1.807) is 43.1 Å². The van der Waals surface area contributed by atoms with Crippen molar-refractivity contribution in [3.8, 4) is 0 Å². The van der Waals surface area contributed by atoms with Gasteiger partial charge in [0.2, 0.25) is 5.91 Å². The number of ether oxygens (including phenoxy) is 1. The number of nitrogens with zero attached hydrogens (tertiary/aromatic N) is 3. The number of hydrogen-bond acceptors (Lipinski definition) is 4. The molecule has 1 aromatic heterocycles. The Labute approximate surface area is 147 Å². The van der Waals surface area contributed by atoms with Gasteiger partial charge in [0.15, 0.2) is 0 Å². The van der Waals surface area contributed by atoms with Gasteiger partial charge in [-0.2, -0.15) is 0 Å². The first-order chi connectivity index (χ1) is 11.9. The highest BCUT2D eigenvalue weighted by Crippen LogP contribution is 2.32. The van der Waals surface area contributed by atoms with Crippen LogP contribution in [0.1, 0.15) is 23.3 Å². The van der Waals surface area contributed by atoms with Crippen molar-refractivity contribution in [3.63, 3.8) is 0 Å². The third kappa shape index (κ3) is 3.46. The molecule has 136 valence electrons. The summed E-state index contributed by atoms with van der Waals surface area (Å²) in [6.07, 6.45) is 1.61. The molecule has 2 fully saturated rings. The number of carbonyl (C=O) groups is 2. The van der Waals surface area contributed by atoms with E-state index in [4.69, 9.17) is 4.74 Å². The number of rotatable bonds is 2. The molecule has 0 aromatic carbocycles. The second kappa shape index (κ2) is 7.00. The van der Waals surface area contributed by atoms with E-state index in [1.165, 1.54) is 10.6 Å². The van der Waals surface area contributed by atoms with Crippen LogP contribution in [0.4, 0.5) is 0 Å². The first kappa shape index (κ1) is 17.7. The Morgan fingerprint density at radius 3 is 2.76 bits per heavy atom. The van der Waals surface area contributed by atoms with Crippen molar-refractivity contribution in [1.82, 2.24) is 14.4 Å². The summed E-state index contributed by atoms with van der Waals surface area (Å²) in [6.45, 7) is 1.62. The van der Waals surface area contributed by atoms with Crippen LogP contribution >= 0.6 is 0 Å². The molecule has 25 heavy (non-hydrogen) atoms. The second-order valence-electron chi connectivity index (χ2n) is 7.15. The summed E-state index contributed by atoms with van der Waals surface area (Å²) in [6, 6.07) is 4.72. The Morgan fingerprint density at radius 1 is 1.28 bits per heavy atom. The molecular weight excluding hydrogens is 322 g/mol. The van der Waals surface area contributed by atoms with Gasteiger partial charge in [0.25, 0.3) is 11.5 Å². The molecule has 0 N–H and O–H groups in total. The first-order valence-corrected chi connectivity index (χ1v) is 8.66. The fourth-order valence-electron chi connectivity index (χ4n) is 3.79. The molecule has 3 heterocycles. The van der Waals surface area contributed by atoms with Crippen molar-refractivity contribution in [1.29, 1.82) is 0 Å². The minimum absolute atomic E-state index is 0.0763. The van der Waals surface area contributed by atoms with Crippen LogP contribution in [0.25, 0.3) is 0 Å². The number of hydrogen-bond donors (Lipinski definition) is 0. The fourth-order valence-corrected chi connectivity index (χ4v) is 3.79. The predicted octanol–water partition coefficient (Wildman–Crippen LogP) is 0.341. The Kier molecular flexibility index (Phi) is 4.94. The summed E-state index contributed by atoms with van der Waals surface area (Å²) in [7, 11) is 5.11. The number of carbonyl (C=O) groups excluding carboxylic acids is 2. The lowest BCUT2D eigenvalue weighted by molar-refractivity contribution is -0.145. The summed E-state index contributed by atoms with van der Waals surface area (Å²) in [5.74, 6) is -0.0551. The summed E-state index contributed by atoms with van der Waals surface area (Å²) in [5, 5.41) is 0. The van der Waals surface area contributed by atoms with Gasteiger partial charge in [-0.15, -0.1) is 0 Å². The van der Waals surface area contributed by atoms with E-state index >= 15 is 0 Å². The van der Waals surface area contributed by atoms with Crippen LogP contribution in [0.3, 0.4) is 0 Å². The van der Waals surface area contributed by atoms with Gasteiger partial charge in [0, 0.05) is 46.2 Å². The number of aromatic nitrogens is 1. The zero-order chi connectivity index (χ0) is 18.1. The summed E-state index contributed by atoms with van der Waals surface area (Å²) < 4.78 is 7.28. The largest absolute Gasteiger partial charge is 0.377 e. The van der Waals surface area contributed by atoms with Gasteiger partial charge in [-0.1, -0.05) is 6.07 Å². The normalized spacial score (nSPS) is 26.0. The molecule has 2 aliphatic rings. The molecule has 0 unspecified atom stereocenters. The van der Waals surface area contributed by atoms with Gasteiger partial charge >= 0.3 is 0 Å². The molecule has 2 aliphatic heterocycles. The summed E-state index contributed by atoms with van der Waals surface area (Å²) in [4.78, 5) is 40.2. The van der Waals surface area contributed by atoms with E-state index in [2.05, 4.69) is 0 Å². The van der Waals surface area contributed by atoms with Crippen molar-refractivity contribution in [2.45, 2.75) is 18.9 Å². The SMILES string of the molecule is CN(C)C(=O)[C@@H]1CO[C@@H]2CCN(C(=O)c3cccc(=O)n3C)C[C@@H]2C1. The summed E-state index contributed by atoms with van der Waals surface area (Å²) >= 11 is 0. The maximum absolute atomic E-state index is 12.8. The van der Waals surface area contributed by atoms with E-state index in [9.17, 15) is 14.4 Å². The van der Waals surface area contributed by atoms with Crippen LogP contribution in [0, 0.1) is 11.8 Å². The molecule has 0 spiro atoms. The molecule has 0 saturated carbocycles. The van der Waals surface area contributed by atoms with Gasteiger partial charge in [-0.25, -0.2) is 0 Å². The van der Waals surface area contributed by atoms with E-state index in [-0.39, 0.29) is 35.3 Å². The highest BCUT2D eigenvalue weighted by molar-refractivity contribution is 5.92. The standard InChI is InChI=1S/C18H25N3O4/c1-19(2)17(23)13-9-12-10-21(8-7-15(12)25-11-13)18(24)14-5-4-6-16(22)20(14)3/h4-6,12-13,15H,7-11H2,1-3H3/t12-,13-,15+/m0/s1.